The van der Waals surface area contributed by atoms with Gasteiger partial charge in [-0.25, -0.2) is 9.97 Å². The summed E-state index contributed by atoms with van der Waals surface area (Å²) in [5.74, 6) is 1.50. The molecule has 0 saturated heterocycles. The highest BCUT2D eigenvalue weighted by atomic mass is 35.5. The van der Waals surface area contributed by atoms with E-state index in [1.807, 2.05) is 72.3 Å². The van der Waals surface area contributed by atoms with E-state index < -0.39 is 0 Å². The van der Waals surface area contributed by atoms with Crippen molar-refractivity contribution in [2.75, 3.05) is 0 Å². The zero-order valence-electron chi connectivity index (χ0n) is 19.3. The Morgan fingerprint density at radius 1 is 0.861 bits per heavy atom. The Morgan fingerprint density at radius 2 is 1.64 bits per heavy atom. The minimum atomic E-state index is 0.694. The third-order valence-corrected chi connectivity index (χ3v) is 8.17. The maximum atomic E-state index is 6.35. The van der Waals surface area contributed by atoms with Gasteiger partial charge in [0.1, 0.15) is 5.01 Å². The monoisotopic (exact) mass is 525 g/mol. The number of thiazole rings is 1. The molecule has 0 spiro atoms. The Labute approximate surface area is 221 Å². The van der Waals surface area contributed by atoms with Crippen LogP contribution in [0.5, 0.6) is 0 Å². The molecule has 5 nitrogen and oxygen atoms in total. The van der Waals surface area contributed by atoms with E-state index in [-0.39, 0.29) is 0 Å². The molecule has 0 radical (unpaired) electrons. The highest BCUT2D eigenvalue weighted by molar-refractivity contribution is 7.98. The number of hydrogen-bond acceptors (Lipinski definition) is 6. The van der Waals surface area contributed by atoms with Crippen LogP contribution in [0.25, 0.3) is 44.1 Å². The lowest BCUT2D eigenvalue weighted by Crippen LogP contribution is -1.97. The van der Waals surface area contributed by atoms with Gasteiger partial charge in [0, 0.05) is 40.3 Å². The van der Waals surface area contributed by atoms with E-state index in [9.17, 15) is 0 Å². The number of para-hydroxylation sites is 1. The van der Waals surface area contributed by atoms with Crippen LogP contribution < -0.4 is 0 Å². The molecule has 0 aliphatic heterocycles. The van der Waals surface area contributed by atoms with Gasteiger partial charge in [-0.2, -0.15) is 0 Å². The molecule has 0 aliphatic rings. The van der Waals surface area contributed by atoms with Crippen molar-refractivity contribution in [3.05, 3.63) is 101 Å². The maximum absolute atomic E-state index is 6.35. The van der Waals surface area contributed by atoms with Gasteiger partial charge in [0.2, 0.25) is 0 Å². The van der Waals surface area contributed by atoms with Gasteiger partial charge in [-0.05, 0) is 18.2 Å². The van der Waals surface area contributed by atoms with Crippen molar-refractivity contribution in [1.29, 1.82) is 0 Å². The third kappa shape index (κ3) is 4.41. The van der Waals surface area contributed by atoms with Crippen molar-refractivity contribution in [2.45, 2.75) is 10.9 Å². The first-order chi connectivity index (χ1) is 17.7. The lowest BCUT2D eigenvalue weighted by Gasteiger charge is -2.10. The van der Waals surface area contributed by atoms with Gasteiger partial charge in [0.15, 0.2) is 11.0 Å². The molecule has 3 heterocycles. The van der Waals surface area contributed by atoms with E-state index in [2.05, 4.69) is 39.8 Å². The summed E-state index contributed by atoms with van der Waals surface area (Å²) in [4.78, 5) is 9.68. The number of fused-ring (bicyclic) bond motifs is 1. The molecule has 0 aliphatic carbocycles. The molecule has 176 valence electrons. The van der Waals surface area contributed by atoms with Gasteiger partial charge in [0.25, 0.3) is 0 Å². The largest absolute Gasteiger partial charge is 0.305 e. The summed E-state index contributed by atoms with van der Waals surface area (Å²) in [6.07, 6.45) is 0. The minimum Gasteiger partial charge on any atom is -0.305 e. The summed E-state index contributed by atoms with van der Waals surface area (Å²) >= 11 is 9.57. The summed E-state index contributed by atoms with van der Waals surface area (Å²) in [6, 6.07) is 28.3. The van der Waals surface area contributed by atoms with E-state index in [1.54, 1.807) is 23.1 Å². The van der Waals surface area contributed by atoms with E-state index in [4.69, 9.17) is 21.6 Å². The predicted molar refractivity (Wildman–Crippen MR) is 149 cm³/mol. The predicted octanol–water partition coefficient (Wildman–Crippen LogP) is 7.77. The third-order valence-electron chi connectivity index (χ3n) is 5.87. The smallest absolute Gasteiger partial charge is 0.191 e. The fourth-order valence-electron chi connectivity index (χ4n) is 4.06. The molecule has 0 bridgehead atoms. The Balaban J connectivity index is 1.30. The Hall–Kier alpha value is -3.52. The Bertz CT molecular complexity index is 1680. The fourth-order valence-corrected chi connectivity index (χ4v) is 6.11. The highest BCUT2D eigenvalue weighted by Gasteiger charge is 2.17. The van der Waals surface area contributed by atoms with Crippen molar-refractivity contribution < 1.29 is 0 Å². The molecule has 36 heavy (non-hydrogen) atoms. The van der Waals surface area contributed by atoms with Gasteiger partial charge in [-0.1, -0.05) is 90.1 Å². The van der Waals surface area contributed by atoms with Crippen molar-refractivity contribution in [3.8, 4) is 33.2 Å². The molecule has 0 saturated carbocycles. The number of halogens is 1. The van der Waals surface area contributed by atoms with Gasteiger partial charge in [0.05, 0.1) is 21.9 Å². The number of hydrogen-bond donors (Lipinski definition) is 0. The molecular weight excluding hydrogens is 506 g/mol. The van der Waals surface area contributed by atoms with Gasteiger partial charge >= 0.3 is 0 Å². The summed E-state index contributed by atoms with van der Waals surface area (Å²) in [5, 5.41) is 14.7. The summed E-state index contributed by atoms with van der Waals surface area (Å²) < 4.78 is 2.04. The van der Waals surface area contributed by atoms with E-state index in [0.717, 1.165) is 55.0 Å². The van der Waals surface area contributed by atoms with E-state index in [0.29, 0.717) is 10.8 Å². The van der Waals surface area contributed by atoms with Crippen LogP contribution in [0.4, 0.5) is 0 Å². The second kappa shape index (κ2) is 9.85. The topological polar surface area (TPSA) is 56.5 Å². The second-order valence-electron chi connectivity index (χ2n) is 8.22. The van der Waals surface area contributed by atoms with Crippen LogP contribution in [-0.2, 0) is 12.8 Å². The first-order valence-electron chi connectivity index (χ1n) is 11.3. The molecular formula is C28H20ClN5S2. The van der Waals surface area contributed by atoms with E-state index >= 15 is 0 Å². The van der Waals surface area contributed by atoms with Crippen LogP contribution in [-0.4, -0.2) is 24.7 Å². The lowest BCUT2D eigenvalue weighted by atomic mass is 10.0. The van der Waals surface area contributed by atoms with Crippen LogP contribution >= 0.6 is 34.7 Å². The SMILES string of the molecule is Cn1c(SCc2csc(-c3ccccc3Cl)n2)nnc1-c1cc(-c2ccccc2)nc2ccccc12. The summed E-state index contributed by atoms with van der Waals surface area (Å²) in [7, 11) is 2.01. The average molecular weight is 526 g/mol. The van der Waals surface area contributed by atoms with Crippen molar-refractivity contribution in [1.82, 2.24) is 24.7 Å². The Morgan fingerprint density at radius 3 is 2.50 bits per heavy atom. The highest BCUT2D eigenvalue weighted by Crippen LogP contribution is 2.34. The first-order valence-corrected chi connectivity index (χ1v) is 13.6. The van der Waals surface area contributed by atoms with Gasteiger partial charge in [-0.15, -0.1) is 21.5 Å². The lowest BCUT2D eigenvalue weighted by molar-refractivity contribution is 0.794. The zero-order chi connectivity index (χ0) is 24.5. The van der Waals surface area contributed by atoms with Crippen LogP contribution in [0.15, 0.2) is 95.5 Å². The van der Waals surface area contributed by atoms with Crippen LogP contribution in [0, 0.1) is 0 Å². The molecule has 6 aromatic rings. The van der Waals surface area contributed by atoms with Crippen molar-refractivity contribution in [3.63, 3.8) is 0 Å². The quantitative estimate of drug-likeness (QED) is 0.208. The van der Waals surface area contributed by atoms with Crippen molar-refractivity contribution >= 4 is 45.6 Å². The summed E-state index contributed by atoms with van der Waals surface area (Å²) in [5.41, 5.74) is 5.87. The molecule has 8 heteroatoms. The van der Waals surface area contributed by atoms with Crippen molar-refractivity contribution in [2.24, 2.45) is 7.05 Å². The first kappa shape index (κ1) is 22.9. The van der Waals surface area contributed by atoms with Crippen LogP contribution in [0.1, 0.15) is 5.69 Å². The van der Waals surface area contributed by atoms with E-state index in [1.165, 1.54) is 0 Å². The molecule has 0 atom stereocenters. The number of rotatable bonds is 6. The zero-order valence-corrected chi connectivity index (χ0v) is 21.7. The minimum absolute atomic E-state index is 0.694. The molecule has 0 amide bonds. The van der Waals surface area contributed by atoms with Gasteiger partial charge in [-0.3, -0.25) is 0 Å². The molecule has 3 aromatic heterocycles. The average Bonchev–Trinajstić information content (AvgIpc) is 3.54. The molecule has 3 aromatic carbocycles. The second-order valence-corrected chi connectivity index (χ2v) is 10.4. The number of aromatic nitrogens is 5. The molecule has 0 fully saturated rings. The molecule has 6 rings (SSSR count). The van der Waals surface area contributed by atoms with Gasteiger partial charge < -0.3 is 4.57 Å². The normalized spacial score (nSPS) is 11.3. The molecule has 0 unspecified atom stereocenters. The maximum Gasteiger partial charge on any atom is 0.191 e. The van der Waals surface area contributed by atoms with Crippen LogP contribution in [0.2, 0.25) is 5.02 Å². The number of thioether (sulfide) groups is 1. The number of benzene rings is 3. The fraction of sp³-hybridized carbons (Fsp3) is 0.0714. The standard InChI is InChI=1S/C28H20ClN5S2/c1-34-26(22-15-25(18-9-3-2-4-10-18)31-24-14-8-6-11-20(22)24)32-33-28(34)36-17-19-16-35-27(30-19)21-12-5-7-13-23(21)29/h2-16H,17H2,1H3. The number of pyridine rings is 1. The summed E-state index contributed by atoms with van der Waals surface area (Å²) in [6.45, 7) is 0. The Kier molecular flexibility index (Phi) is 6.27. The number of nitrogens with zero attached hydrogens (tertiary/aromatic N) is 5. The molecule has 0 N–H and O–H groups in total. The van der Waals surface area contributed by atoms with Crippen LogP contribution in [0.3, 0.4) is 0 Å².